The van der Waals surface area contributed by atoms with Gasteiger partial charge in [-0.25, -0.2) is 0 Å². The maximum atomic E-state index is 11.6. The van der Waals surface area contributed by atoms with Crippen molar-refractivity contribution in [2.75, 3.05) is 6.54 Å². The topological polar surface area (TPSA) is 55.1 Å². The predicted molar refractivity (Wildman–Crippen MR) is 55.3 cm³/mol. The highest BCUT2D eigenvalue weighted by atomic mass is 16.2. The Bertz CT molecular complexity index is 176. The lowest BCUT2D eigenvalue weighted by molar-refractivity contribution is -0.129. The molecule has 1 atom stereocenters. The van der Waals surface area contributed by atoms with Crippen LogP contribution in [0.3, 0.4) is 0 Å². The first kappa shape index (κ1) is 12.4. The van der Waals surface area contributed by atoms with E-state index in [4.69, 9.17) is 5.73 Å². The van der Waals surface area contributed by atoms with E-state index in [2.05, 4.69) is 19.2 Å². The van der Waals surface area contributed by atoms with Crippen molar-refractivity contribution in [3.8, 4) is 0 Å². The van der Waals surface area contributed by atoms with Gasteiger partial charge in [0, 0.05) is 12.6 Å². The molecule has 0 spiro atoms. The molecule has 0 aromatic heterocycles. The summed E-state index contributed by atoms with van der Waals surface area (Å²) >= 11 is 0. The van der Waals surface area contributed by atoms with Crippen molar-refractivity contribution >= 4 is 5.91 Å². The molecule has 1 amide bonds. The quantitative estimate of drug-likeness (QED) is 0.691. The zero-order valence-electron chi connectivity index (χ0n) is 9.35. The van der Waals surface area contributed by atoms with Gasteiger partial charge in [0.2, 0.25) is 5.91 Å². The second kappa shape index (κ2) is 4.61. The summed E-state index contributed by atoms with van der Waals surface area (Å²) in [6.45, 7) is 10.3. The van der Waals surface area contributed by atoms with E-state index >= 15 is 0 Å². The van der Waals surface area contributed by atoms with Gasteiger partial charge in [0.15, 0.2) is 0 Å². The van der Waals surface area contributed by atoms with Crippen molar-refractivity contribution in [3.63, 3.8) is 0 Å². The molecule has 0 fully saturated rings. The van der Waals surface area contributed by atoms with Crippen molar-refractivity contribution in [2.24, 2.45) is 17.1 Å². The molecule has 3 heteroatoms. The number of hydrogen-bond acceptors (Lipinski definition) is 2. The minimum atomic E-state index is -0.455. The van der Waals surface area contributed by atoms with Crippen LogP contribution in [0, 0.1) is 11.3 Å². The number of carbonyl (C=O) groups is 1. The first-order valence-electron chi connectivity index (χ1n) is 4.82. The molecule has 3 nitrogen and oxygen atoms in total. The van der Waals surface area contributed by atoms with Crippen LogP contribution in [-0.4, -0.2) is 18.5 Å². The summed E-state index contributed by atoms with van der Waals surface area (Å²) in [7, 11) is 0. The van der Waals surface area contributed by atoms with Gasteiger partial charge >= 0.3 is 0 Å². The van der Waals surface area contributed by atoms with Crippen molar-refractivity contribution in [3.05, 3.63) is 0 Å². The second-order valence-corrected chi connectivity index (χ2v) is 4.59. The Labute approximate surface area is 81.1 Å². The molecule has 3 N–H and O–H groups in total. The van der Waals surface area contributed by atoms with E-state index in [0.717, 1.165) is 0 Å². The molecular weight excluding hydrogens is 164 g/mol. The highest BCUT2D eigenvalue weighted by molar-refractivity contribution is 5.82. The maximum absolute atomic E-state index is 11.6. The van der Waals surface area contributed by atoms with E-state index in [9.17, 15) is 4.79 Å². The van der Waals surface area contributed by atoms with E-state index < -0.39 is 5.41 Å². The molecule has 0 saturated heterocycles. The van der Waals surface area contributed by atoms with Gasteiger partial charge in [0.05, 0.1) is 5.41 Å². The summed E-state index contributed by atoms with van der Waals surface area (Å²) < 4.78 is 0. The van der Waals surface area contributed by atoms with Crippen LogP contribution in [0.5, 0.6) is 0 Å². The Kier molecular flexibility index (Phi) is 4.40. The van der Waals surface area contributed by atoms with E-state index in [1.165, 1.54) is 0 Å². The van der Waals surface area contributed by atoms with Crippen LogP contribution >= 0.6 is 0 Å². The lowest BCUT2D eigenvalue weighted by Gasteiger charge is -2.25. The highest BCUT2D eigenvalue weighted by Gasteiger charge is 2.27. The van der Waals surface area contributed by atoms with E-state index in [1.807, 2.05) is 20.8 Å². The summed E-state index contributed by atoms with van der Waals surface area (Å²) in [4.78, 5) is 11.6. The number of rotatable bonds is 4. The highest BCUT2D eigenvalue weighted by Crippen LogP contribution is 2.13. The first-order chi connectivity index (χ1) is 5.81. The molecule has 0 bridgehead atoms. The molecule has 0 aromatic carbocycles. The van der Waals surface area contributed by atoms with Gasteiger partial charge in [-0.2, -0.15) is 0 Å². The molecule has 0 aliphatic heterocycles. The van der Waals surface area contributed by atoms with Crippen molar-refractivity contribution in [1.29, 1.82) is 0 Å². The van der Waals surface area contributed by atoms with Gasteiger partial charge in [-0.15, -0.1) is 0 Å². The van der Waals surface area contributed by atoms with Gasteiger partial charge in [-0.3, -0.25) is 4.79 Å². The number of nitrogens with one attached hydrogen (secondary N) is 1. The van der Waals surface area contributed by atoms with Gasteiger partial charge in [0.1, 0.15) is 0 Å². The average Bonchev–Trinajstić information content (AvgIpc) is 2.04. The zero-order chi connectivity index (χ0) is 10.6. The first-order valence-corrected chi connectivity index (χ1v) is 4.82. The van der Waals surface area contributed by atoms with Crippen molar-refractivity contribution < 1.29 is 4.79 Å². The summed E-state index contributed by atoms with van der Waals surface area (Å²) in [6, 6.07) is 0.207. The minimum Gasteiger partial charge on any atom is -0.353 e. The third kappa shape index (κ3) is 3.77. The van der Waals surface area contributed by atoms with Gasteiger partial charge in [0.25, 0.3) is 0 Å². The molecule has 0 radical (unpaired) electrons. The van der Waals surface area contributed by atoms with Gasteiger partial charge < -0.3 is 11.1 Å². The summed E-state index contributed by atoms with van der Waals surface area (Å²) in [5, 5.41) is 2.95. The normalized spacial score (nSPS) is 14.4. The van der Waals surface area contributed by atoms with Crippen LogP contribution in [0.25, 0.3) is 0 Å². The van der Waals surface area contributed by atoms with Gasteiger partial charge in [-0.05, 0) is 26.7 Å². The van der Waals surface area contributed by atoms with Crippen LogP contribution in [0.2, 0.25) is 0 Å². The summed E-state index contributed by atoms with van der Waals surface area (Å²) in [5.41, 5.74) is 5.04. The van der Waals surface area contributed by atoms with Crippen molar-refractivity contribution in [2.45, 2.75) is 40.7 Å². The van der Waals surface area contributed by atoms with Crippen LogP contribution < -0.4 is 11.1 Å². The number of hydrogen-bond donors (Lipinski definition) is 2. The van der Waals surface area contributed by atoms with Crippen LogP contribution in [0.1, 0.15) is 34.6 Å². The standard InChI is InChI=1S/C10H22N2O/c1-7(2)8(3)12-9(13)10(4,5)6-11/h7-8H,6,11H2,1-5H3,(H,12,13). The lowest BCUT2D eigenvalue weighted by atomic mass is 9.91. The molecule has 0 aliphatic rings. The molecular formula is C10H22N2O. The second-order valence-electron chi connectivity index (χ2n) is 4.59. The SMILES string of the molecule is CC(C)C(C)NC(=O)C(C)(C)CN. The van der Waals surface area contributed by atoms with Crippen LogP contribution in [0.15, 0.2) is 0 Å². The Morgan fingerprint density at radius 3 is 2.15 bits per heavy atom. The fourth-order valence-electron chi connectivity index (χ4n) is 0.662. The van der Waals surface area contributed by atoms with Crippen LogP contribution in [0.4, 0.5) is 0 Å². The average molecular weight is 186 g/mol. The van der Waals surface area contributed by atoms with E-state index in [0.29, 0.717) is 12.5 Å². The van der Waals surface area contributed by atoms with E-state index in [1.54, 1.807) is 0 Å². The molecule has 0 rings (SSSR count). The Morgan fingerprint density at radius 1 is 1.38 bits per heavy atom. The molecule has 0 heterocycles. The fourth-order valence-corrected chi connectivity index (χ4v) is 0.662. The number of nitrogens with two attached hydrogens (primary N) is 1. The Balaban J connectivity index is 4.15. The smallest absolute Gasteiger partial charge is 0.227 e. The summed E-state index contributed by atoms with van der Waals surface area (Å²) in [5.74, 6) is 0.494. The molecule has 13 heavy (non-hydrogen) atoms. The number of amides is 1. The Hall–Kier alpha value is -0.570. The Morgan fingerprint density at radius 2 is 1.85 bits per heavy atom. The monoisotopic (exact) mass is 186 g/mol. The molecule has 0 saturated carbocycles. The van der Waals surface area contributed by atoms with Crippen LogP contribution in [-0.2, 0) is 4.79 Å². The van der Waals surface area contributed by atoms with Gasteiger partial charge in [-0.1, -0.05) is 13.8 Å². The molecule has 1 unspecified atom stereocenters. The zero-order valence-corrected chi connectivity index (χ0v) is 9.35. The summed E-state index contributed by atoms with van der Waals surface area (Å²) in [6.07, 6.45) is 0. The molecule has 0 aromatic rings. The number of carbonyl (C=O) groups excluding carboxylic acids is 1. The molecule has 0 aliphatic carbocycles. The minimum absolute atomic E-state index is 0.0381. The van der Waals surface area contributed by atoms with E-state index in [-0.39, 0.29) is 11.9 Å². The maximum Gasteiger partial charge on any atom is 0.227 e. The molecule has 78 valence electrons. The third-order valence-corrected chi connectivity index (χ3v) is 2.48. The fraction of sp³-hybridized carbons (Fsp3) is 0.900. The third-order valence-electron chi connectivity index (χ3n) is 2.48. The predicted octanol–water partition coefficient (Wildman–Crippen LogP) is 1.13. The largest absolute Gasteiger partial charge is 0.353 e. The van der Waals surface area contributed by atoms with Crippen molar-refractivity contribution in [1.82, 2.24) is 5.32 Å². The lowest BCUT2D eigenvalue weighted by Crippen LogP contribution is -2.46.